The van der Waals surface area contributed by atoms with E-state index in [1.165, 1.54) is 17.4 Å². The molecule has 136 valence electrons. The van der Waals surface area contributed by atoms with Crippen molar-refractivity contribution in [2.45, 2.75) is 31.5 Å². The van der Waals surface area contributed by atoms with E-state index in [0.717, 1.165) is 5.56 Å². The van der Waals surface area contributed by atoms with Crippen molar-refractivity contribution in [1.82, 2.24) is 19.3 Å². The molecule has 1 fully saturated rings. The minimum Gasteiger partial charge on any atom is -0.406 e. The zero-order valence-corrected chi connectivity index (χ0v) is 13.9. The third kappa shape index (κ3) is 2.96. The Labute approximate surface area is 148 Å². The summed E-state index contributed by atoms with van der Waals surface area (Å²) >= 11 is 0. The molecule has 3 atom stereocenters. The van der Waals surface area contributed by atoms with Gasteiger partial charge in [-0.15, -0.1) is 0 Å². The number of aliphatic hydroxyl groups is 2. The van der Waals surface area contributed by atoms with Gasteiger partial charge in [-0.25, -0.2) is 9.97 Å². The summed E-state index contributed by atoms with van der Waals surface area (Å²) in [4.78, 5) is 14.2. The first-order valence-electron chi connectivity index (χ1n) is 8.27. The molecule has 1 saturated heterocycles. The van der Waals surface area contributed by atoms with Crippen molar-refractivity contribution in [3.05, 3.63) is 54.0 Å². The monoisotopic (exact) mass is 357 g/mol. The van der Waals surface area contributed by atoms with Gasteiger partial charge in [0.25, 0.3) is 0 Å². The van der Waals surface area contributed by atoms with E-state index in [1.807, 2.05) is 30.3 Å². The van der Waals surface area contributed by atoms with E-state index < -0.39 is 18.4 Å². The number of rotatable bonds is 5. The number of aliphatic hydroxyl groups excluding tert-OH is 2. The topological polar surface area (TPSA) is 118 Å². The van der Waals surface area contributed by atoms with Crippen molar-refractivity contribution in [2.24, 2.45) is 0 Å². The molecular formula is C17H19N5O4. The average Bonchev–Trinajstić information content (AvgIpc) is 3.25. The number of hydrogen-bond donors (Lipinski definition) is 3. The molecular weight excluding hydrogens is 338 g/mol. The summed E-state index contributed by atoms with van der Waals surface area (Å²) in [6.45, 7) is 0.0517. The molecule has 4 rings (SSSR count). The molecule has 0 aliphatic carbocycles. The van der Waals surface area contributed by atoms with Gasteiger partial charge in [0.1, 0.15) is 25.3 Å². The van der Waals surface area contributed by atoms with Crippen LogP contribution < -0.4 is 10.3 Å². The summed E-state index contributed by atoms with van der Waals surface area (Å²) in [6, 6.07) is 9.64. The smallest absolute Gasteiger partial charge is 0.192 e. The Hall–Kier alpha value is -2.75. The number of ether oxygens (including phenoxy) is 1. The van der Waals surface area contributed by atoms with Crippen molar-refractivity contribution in [1.29, 1.82) is 5.41 Å². The summed E-state index contributed by atoms with van der Waals surface area (Å²) in [5, 5.41) is 27.4. The van der Waals surface area contributed by atoms with Crippen LogP contribution in [0.4, 0.5) is 0 Å². The van der Waals surface area contributed by atoms with Gasteiger partial charge in [-0.3, -0.25) is 9.98 Å². The van der Waals surface area contributed by atoms with E-state index in [1.54, 1.807) is 4.57 Å². The molecule has 26 heavy (non-hydrogen) atoms. The highest BCUT2D eigenvalue weighted by molar-refractivity contribution is 5.68. The van der Waals surface area contributed by atoms with Crippen LogP contribution in [0.3, 0.4) is 0 Å². The Bertz CT molecular complexity index is 955. The van der Waals surface area contributed by atoms with Gasteiger partial charge in [0, 0.05) is 6.42 Å². The van der Waals surface area contributed by atoms with Crippen LogP contribution in [-0.2, 0) is 11.3 Å². The Morgan fingerprint density at radius 1 is 1.23 bits per heavy atom. The largest absolute Gasteiger partial charge is 0.406 e. The number of nitrogens with one attached hydrogen (secondary N) is 1. The maximum Gasteiger partial charge on any atom is 0.192 e. The highest BCUT2D eigenvalue weighted by Gasteiger charge is 2.35. The van der Waals surface area contributed by atoms with Gasteiger partial charge in [-0.1, -0.05) is 30.3 Å². The molecule has 0 spiro atoms. The van der Waals surface area contributed by atoms with Gasteiger partial charge in [0.05, 0.1) is 19.0 Å². The molecule has 0 unspecified atom stereocenters. The second kappa shape index (κ2) is 6.87. The molecule has 1 aliphatic heterocycles. The molecule has 0 saturated carbocycles. The van der Waals surface area contributed by atoms with Gasteiger partial charge in [-0.05, 0) is 5.56 Å². The average molecular weight is 357 g/mol. The van der Waals surface area contributed by atoms with Crippen molar-refractivity contribution in [2.75, 3.05) is 6.61 Å². The van der Waals surface area contributed by atoms with Crippen LogP contribution in [0.25, 0.3) is 11.2 Å². The first kappa shape index (κ1) is 16.7. The zero-order chi connectivity index (χ0) is 18.1. The van der Waals surface area contributed by atoms with E-state index >= 15 is 0 Å². The number of hydrogen-bond acceptors (Lipinski definition) is 7. The fourth-order valence-corrected chi connectivity index (χ4v) is 3.00. The van der Waals surface area contributed by atoms with Crippen LogP contribution in [0.5, 0.6) is 0 Å². The van der Waals surface area contributed by atoms with Gasteiger partial charge in [0.2, 0.25) is 0 Å². The van der Waals surface area contributed by atoms with Gasteiger partial charge in [0.15, 0.2) is 16.7 Å². The predicted octanol–water partition coefficient (Wildman–Crippen LogP) is -0.0182. The van der Waals surface area contributed by atoms with E-state index in [-0.39, 0.29) is 12.1 Å². The normalized spacial score (nSPS) is 22.8. The third-order valence-electron chi connectivity index (χ3n) is 4.40. The van der Waals surface area contributed by atoms with E-state index in [0.29, 0.717) is 24.2 Å². The highest BCUT2D eigenvalue weighted by atomic mass is 16.7. The molecule has 0 amide bonds. The lowest BCUT2D eigenvalue weighted by Crippen LogP contribution is -2.27. The molecule has 3 N–H and O–H groups in total. The maximum absolute atomic E-state index is 9.91. The standard InChI is InChI=1S/C17H19N5O4/c18-16-15-17(20-10-22(16)25-8-11-4-2-1-3-5-11)21(9-19-15)14-6-12(24)13(7-23)26-14/h1-5,9-10,12-14,18,23-24H,6-8H2/t12-,13+,14+/m0/s1. The van der Waals surface area contributed by atoms with Gasteiger partial charge >= 0.3 is 0 Å². The van der Waals surface area contributed by atoms with Crippen molar-refractivity contribution < 1.29 is 19.8 Å². The molecule has 1 aromatic carbocycles. The maximum atomic E-state index is 9.91. The van der Waals surface area contributed by atoms with Crippen molar-refractivity contribution >= 4 is 11.2 Å². The van der Waals surface area contributed by atoms with Crippen LogP contribution in [-0.4, -0.2) is 48.3 Å². The molecule has 1 aliphatic rings. The van der Waals surface area contributed by atoms with Crippen molar-refractivity contribution in [3.8, 4) is 0 Å². The van der Waals surface area contributed by atoms with Crippen molar-refractivity contribution in [3.63, 3.8) is 0 Å². The minimum absolute atomic E-state index is 0.0712. The third-order valence-corrected chi connectivity index (χ3v) is 4.40. The number of fused-ring (bicyclic) bond motifs is 1. The quantitative estimate of drug-likeness (QED) is 0.591. The van der Waals surface area contributed by atoms with Crippen LogP contribution in [0, 0.1) is 5.41 Å². The summed E-state index contributed by atoms with van der Waals surface area (Å²) in [6.07, 6.45) is 1.40. The predicted molar refractivity (Wildman–Crippen MR) is 89.7 cm³/mol. The van der Waals surface area contributed by atoms with Crippen LogP contribution in [0.1, 0.15) is 18.2 Å². The first-order chi connectivity index (χ1) is 12.7. The molecule has 0 radical (unpaired) electrons. The SMILES string of the molecule is N=c1c2ncn([C@H]3C[C@H](O)[C@@H](CO)O3)c2ncn1OCc1ccccc1. The lowest BCUT2D eigenvalue weighted by molar-refractivity contribution is -0.0432. The lowest BCUT2D eigenvalue weighted by Gasteiger charge is -2.14. The molecule has 9 nitrogen and oxygen atoms in total. The number of imidazole rings is 1. The lowest BCUT2D eigenvalue weighted by atomic mass is 10.2. The summed E-state index contributed by atoms with van der Waals surface area (Å²) in [7, 11) is 0. The second-order valence-corrected chi connectivity index (χ2v) is 6.12. The number of benzene rings is 1. The fraction of sp³-hybridized carbons (Fsp3) is 0.353. The van der Waals surface area contributed by atoms with Crippen LogP contribution in [0.2, 0.25) is 0 Å². The molecule has 9 heteroatoms. The van der Waals surface area contributed by atoms with E-state index in [2.05, 4.69) is 9.97 Å². The zero-order valence-electron chi connectivity index (χ0n) is 13.9. The van der Waals surface area contributed by atoms with E-state index in [9.17, 15) is 10.2 Å². The van der Waals surface area contributed by atoms with Crippen LogP contribution >= 0.6 is 0 Å². The number of aromatic nitrogens is 4. The summed E-state index contributed by atoms with van der Waals surface area (Å²) in [5.74, 6) is 0. The summed E-state index contributed by atoms with van der Waals surface area (Å²) in [5.41, 5.74) is 1.88. The molecule has 0 bridgehead atoms. The highest BCUT2D eigenvalue weighted by Crippen LogP contribution is 2.29. The van der Waals surface area contributed by atoms with Crippen LogP contribution in [0.15, 0.2) is 43.0 Å². The van der Waals surface area contributed by atoms with E-state index in [4.69, 9.17) is 15.0 Å². The first-order valence-corrected chi connectivity index (χ1v) is 8.27. The van der Waals surface area contributed by atoms with Gasteiger partial charge in [-0.2, -0.15) is 4.73 Å². The second-order valence-electron chi connectivity index (χ2n) is 6.12. The molecule has 3 aromatic rings. The molecule has 2 aromatic heterocycles. The summed E-state index contributed by atoms with van der Waals surface area (Å²) < 4.78 is 8.57. The Balaban J connectivity index is 1.58. The Morgan fingerprint density at radius 2 is 2.04 bits per heavy atom. The fourth-order valence-electron chi connectivity index (χ4n) is 3.00. The minimum atomic E-state index is -0.749. The van der Waals surface area contributed by atoms with Gasteiger partial charge < -0.3 is 19.8 Å². The Kier molecular flexibility index (Phi) is 4.41. The number of nitrogens with zero attached hydrogens (tertiary/aromatic N) is 4. The molecule has 3 heterocycles. The Morgan fingerprint density at radius 3 is 2.77 bits per heavy atom.